The lowest BCUT2D eigenvalue weighted by Gasteiger charge is -2.28. The van der Waals surface area contributed by atoms with E-state index in [-0.39, 0.29) is 5.92 Å². The zero-order chi connectivity index (χ0) is 11.2. The van der Waals surface area contributed by atoms with E-state index >= 15 is 0 Å². The van der Waals surface area contributed by atoms with Crippen molar-refractivity contribution in [3.8, 4) is 6.07 Å². The molecular formula is C13H17N3. The van der Waals surface area contributed by atoms with Crippen LogP contribution in [0.1, 0.15) is 18.5 Å². The molecule has 0 bridgehead atoms. The molecule has 3 nitrogen and oxygen atoms in total. The summed E-state index contributed by atoms with van der Waals surface area (Å²) in [7, 11) is 0. The van der Waals surface area contributed by atoms with Crippen LogP contribution < -0.4 is 0 Å². The molecule has 0 amide bonds. The first-order chi connectivity index (χ1) is 7.88. The van der Waals surface area contributed by atoms with Gasteiger partial charge in [0.1, 0.15) is 0 Å². The number of hydrogen-bond donors (Lipinski definition) is 0. The monoisotopic (exact) mass is 215 g/mol. The molecule has 0 aliphatic carbocycles. The molecule has 2 rings (SSSR count). The van der Waals surface area contributed by atoms with E-state index in [1.165, 1.54) is 0 Å². The lowest BCUT2D eigenvalue weighted by molar-refractivity contribution is 0.207. The summed E-state index contributed by atoms with van der Waals surface area (Å²) in [5, 5.41) is 8.81. The van der Waals surface area contributed by atoms with Crippen molar-refractivity contribution in [1.82, 2.24) is 9.88 Å². The molecular weight excluding hydrogens is 198 g/mol. The van der Waals surface area contributed by atoms with Gasteiger partial charge in [-0.05, 0) is 38.1 Å². The number of hydrogen-bond acceptors (Lipinski definition) is 3. The van der Waals surface area contributed by atoms with Crippen LogP contribution in [0, 0.1) is 17.2 Å². The van der Waals surface area contributed by atoms with Crippen LogP contribution in [0.2, 0.25) is 0 Å². The maximum atomic E-state index is 8.81. The molecule has 3 heteroatoms. The normalized spacial score (nSPS) is 18.2. The van der Waals surface area contributed by atoms with Gasteiger partial charge in [0, 0.05) is 30.8 Å². The maximum absolute atomic E-state index is 8.81. The van der Waals surface area contributed by atoms with Gasteiger partial charge in [-0.15, -0.1) is 0 Å². The number of nitrogens with zero attached hydrogens (tertiary/aromatic N) is 3. The molecule has 1 saturated heterocycles. The largest absolute Gasteiger partial charge is 0.303 e. The fourth-order valence-electron chi connectivity index (χ4n) is 2.10. The molecule has 0 unspecified atom stereocenters. The summed E-state index contributed by atoms with van der Waals surface area (Å²) < 4.78 is 0. The van der Waals surface area contributed by atoms with Gasteiger partial charge < -0.3 is 4.90 Å². The second kappa shape index (κ2) is 5.62. The minimum atomic E-state index is 0.283. The van der Waals surface area contributed by atoms with Crippen LogP contribution >= 0.6 is 0 Å². The van der Waals surface area contributed by atoms with Gasteiger partial charge in [0.15, 0.2) is 0 Å². The lowest BCUT2D eigenvalue weighted by Crippen LogP contribution is -2.34. The fraction of sp³-hybridized carbons (Fsp3) is 0.538. The summed E-state index contributed by atoms with van der Waals surface area (Å²) in [4.78, 5) is 6.75. The Morgan fingerprint density at radius 1 is 1.38 bits per heavy atom. The van der Waals surface area contributed by atoms with Crippen molar-refractivity contribution in [3.63, 3.8) is 0 Å². The second-order valence-electron chi connectivity index (χ2n) is 4.32. The average Bonchev–Trinajstić information content (AvgIpc) is 2.38. The third-order valence-electron chi connectivity index (χ3n) is 3.18. The molecule has 0 atom stereocenters. The minimum absolute atomic E-state index is 0.283. The van der Waals surface area contributed by atoms with Crippen molar-refractivity contribution in [2.24, 2.45) is 5.92 Å². The highest BCUT2D eigenvalue weighted by molar-refractivity contribution is 5.03. The first-order valence-electron chi connectivity index (χ1n) is 5.90. The zero-order valence-electron chi connectivity index (χ0n) is 9.47. The van der Waals surface area contributed by atoms with Crippen LogP contribution in [-0.2, 0) is 6.42 Å². The van der Waals surface area contributed by atoms with Crippen LogP contribution in [0.4, 0.5) is 0 Å². The number of rotatable bonds is 3. The van der Waals surface area contributed by atoms with Gasteiger partial charge in [-0.2, -0.15) is 5.26 Å². The molecule has 0 aromatic carbocycles. The Hall–Kier alpha value is -1.40. The Balaban J connectivity index is 1.74. The van der Waals surface area contributed by atoms with E-state index in [1.807, 2.05) is 18.3 Å². The first-order valence-corrected chi connectivity index (χ1v) is 5.90. The highest BCUT2D eigenvalue weighted by atomic mass is 15.1. The molecule has 1 aromatic heterocycles. The van der Waals surface area contributed by atoms with E-state index < -0.39 is 0 Å². The predicted molar refractivity (Wildman–Crippen MR) is 62.7 cm³/mol. The third kappa shape index (κ3) is 3.04. The molecule has 84 valence electrons. The Morgan fingerprint density at radius 2 is 2.19 bits per heavy atom. The number of likely N-dealkylation sites (tertiary alicyclic amines) is 1. The molecule has 1 aliphatic heterocycles. The summed E-state index contributed by atoms with van der Waals surface area (Å²) >= 11 is 0. The highest BCUT2D eigenvalue weighted by Crippen LogP contribution is 2.15. The van der Waals surface area contributed by atoms with Gasteiger partial charge in [0.25, 0.3) is 0 Å². The molecule has 0 N–H and O–H groups in total. The number of piperidine rings is 1. The van der Waals surface area contributed by atoms with Crippen molar-refractivity contribution < 1.29 is 0 Å². The number of aromatic nitrogens is 1. The zero-order valence-corrected chi connectivity index (χ0v) is 9.47. The summed E-state index contributed by atoms with van der Waals surface area (Å²) in [5.74, 6) is 0.283. The summed E-state index contributed by atoms with van der Waals surface area (Å²) in [6, 6.07) is 8.41. The van der Waals surface area contributed by atoms with Crippen molar-refractivity contribution in [2.75, 3.05) is 19.6 Å². The van der Waals surface area contributed by atoms with Crippen LogP contribution in [-0.4, -0.2) is 29.5 Å². The fourth-order valence-corrected chi connectivity index (χ4v) is 2.10. The predicted octanol–water partition coefficient (Wildman–Crippen LogP) is 1.86. The first kappa shape index (κ1) is 11.1. The second-order valence-corrected chi connectivity index (χ2v) is 4.32. The van der Waals surface area contributed by atoms with Crippen LogP contribution in [0.25, 0.3) is 0 Å². The molecule has 2 heterocycles. The van der Waals surface area contributed by atoms with E-state index in [0.717, 1.165) is 44.6 Å². The van der Waals surface area contributed by atoms with Crippen molar-refractivity contribution >= 4 is 0 Å². The Kier molecular flexibility index (Phi) is 3.90. The Labute approximate surface area is 96.7 Å². The number of pyridine rings is 1. The van der Waals surface area contributed by atoms with Crippen molar-refractivity contribution in [1.29, 1.82) is 5.26 Å². The van der Waals surface area contributed by atoms with Crippen LogP contribution in [0.15, 0.2) is 24.4 Å². The van der Waals surface area contributed by atoms with E-state index in [4.69, 9.17) is 5.26 Å². The van der Waals surface area contributed by atoms with Gasteiger partial charge in [0.2, 0.25) is 0 Å². The Morgan fingerprint density at radius 3 is 2.81 bits per heavy atom. The molecule has 0 radical (unpaired) electrons. The van der Waals surface area contributed by atoms with E-state index in [9.17, 15) is 0 Å². The van der Waals surface area contributed by atoms with E-state index in [2.05, 4.69) is 22.0 Å². The summed E-state index contributed by atoms with van der Waals surface area (Å²) in [6.07, 6.45) is 4.91. The van der Waals surface area contributed by atoms with E-state index in [0.29, 0.717) is 0 Å². The van der Waals surface area contributed by atoms with Gasteiger partial charge in [-0.25, -0.2) is 0 Å². The molecule has 16 heavy (non-hydrogen) atoms. The minimum Gasteiger partial charge on any atom is -0.303 e. The van der Waals surface area contributed by atoms with Gasteiger partial charge >= 0.3 is 0 Å². The molecule has 0 saturated carbocycles. The Bertz CT molecular complexity index is 347. The van der Waals surface area contributed by atoms with Crippen LogP contribution in [0.5, 0.6) is 0 Å². The topological polar surface area (TPSA) is 39.9 Å². The highest BCUT2D eigenvalue weighted by Gasteiger charge is 2.17. The smallest absolute Gasteiger partial charge is 0.0656 e. The molecule has 1 aliphatic rings. The van der Waals surface area contributed by atoms with E-state index in [1.54, 1.807) is 0 Å². The summed E-state index contributed by atoms with van der Waals surface area (Å²) in [5.41, 5.74) is 1.16. The van der Waals surface area contributed by atoms with Gasteiger partial charge in [-0.1, -0.05) is 6.07 Å². The van der Waals surface area contributed by atoms with Crippen LogP contribution in [0.3, 0.4) is 0 Å². The van der Waals surface area contributed by atoms with Crippen molar-refractivity contribution in [3.05, 3.63) is 30.1 Å². The third-order valence-corrected chi connectivity index (χ3v) is 3.18. The van der Waals surface area contributed by atoms with Gasteiger partial charge in [-0.3, -0.25) is 4.98 Å². The standard InChI is InChI=1S/C13H17N3/c14-11-12-4-8-16(9-5-12)10-6-13-3-1-2-7-15-13/h1-3,7,12H,4-6,8-10H2. The van der Waals surface area contributed by atoms with Crippen molar-refractivity contribution in [2.45, 2.75) is 19.3 Å². The maximum Gasteiger partial charge on any atom is 0.0656 e. The summed E-state index contributed by atoms with van der Waals surface area (Å²) in [6.45, 7) is 3.19. The molecule has 0 spiro atoms. The number of nitriles is 1. The lowest BCUT2D eigenvalue weighted by atomic mass is 9.98. The molecule has 1 aromatic rings. The SMILES string of the molecule is N#CC1CCN(CCc2ccccn2)CC1. The van der Waals surface area contributed by atoms with Gasteiger partial charge in [0.05, 0.1) is 6.07 Å². The quantitative estimate of drug-likeness (QED) is 0.772. The molecule has 1 fully saturated rings. The average molecular weight is 215 g/mol.